The third-order valence-corrected chi connectivity index (χ3v) is 4.59. The van der Waals surface area contributed by atoms with Gasteiger partial charge in [-0.05, 0) is 49.2 Å². The molecule has 0 atom stereocenters. The Hall–Kier alpha value is -2.34. The van der Waals surface area contributed by atoms with Crippen molar-refractivity contribution < 1.29 is 8.42 Å². The molecule has 110 valence electrons. The number of rotatable bonds is 4. The molecule has 0 unspecified atom stereocenters. The average Bonchev–Trinajstić information content (AvgIpc) is 2.41. The standard InChI is InChI=1S/C15H17N3O2S/c1-10-6-7-14(8-11(10)2)21(19,20)18-13-5-3-4-12(9-13)15(16)17/h3-9,18H,1-2H3,(H3,16,17). The molecular weight excluding hydrogens is 286 g/mol. The third kappa shape index (κ3) is 3.41. The van der Waals surface area contributed by atoms with Crippen LogP contribution in [0.2, 0.25) is 0 Å². The van der Waals surface area contributed by atoms with Crippen LogP contribution in [0.3, 0.4) is 0 Å². The minimum Gasteiger partial charge on any atom is -0.384 e. The third-order valence-electron chi connectivity index (χ3n) is 3.21. The molecule has 0 saturated carbocycles. The van der Waals surface area contributed by atoms with Gasteiger partial charge < -0.3 is 5.73 Å². The van der Waals surface area contributed by atoms with Gasteiger partial charge in [0.15, 0.2) is 0 Å². The van der Waals surface area contributed by atoms with Crippen LogP contribution in [0.15, 0.2) is 47.4 Å². The molecule has 0 aliphatic rings. The zero-order valence-electron chi connectivity index (χ0n) is 11.8. The highest BCUT2D eigenvalue weighted by Gasteiger charge is 2.15. The number of anilines is 1. The predicted molar refractivity (Wildman–Crippen MR) is 84.2 cm³/mol. The fourth-order valence-electron chi connectivity index (χ4n) is 1.85. The Bertz CT molecular complexity index is 798. The van der Waals surface area contributed by atoms with Gasteiger partial charge in [-0.1, -0.05) is 18.2 Å². The number of amidine groups is 1. The number of nitrogens with two attached hydrogens (primary N) is 1. The van der Waals surface area contributed by atoms with E-state index in [9.17, 15) is 8.42 Å². The van der Waals surface area contributed by atoms with Gasteiger partial charge in [-0.2, -0.15) is 0 Å². The summed E-state index contributed by atoms with van der Waals surface area (Å²) in [7, 11) is -3.66. The number of hydrogen-bond donors (Lipinski definition) is 3. The maximum atomic E-state index is 12.4. The second-order valence-electron chi connectivity index (χ2n) is 4.85. The van der Waals surface area contributed by atoms with Crippen molar-refractivity contribution in [1.82, 2.24) is 0 Å². The zero-order valence-corrected chi connectivity index (χ0v) is 12.7. The van der Waals surface area contributed by atoms with Crippen molar-refractivity contribution >= 4 is 21.5 Å². The zero-order chi connectivity index (χ0) is 15.6. The van der Waals surface area contributed by atoms with Crippen LogP contribution < -0.4 is 10.5 Å². The number of nitrogen functional groups attached to an aromatic ring is 1. The van der Waals surface area contributed by atoms with Gasteiger partial charge >= 0.3 is 0 Å². The molecule has 0 spiro atoms. The van der Waals surface area contributed by atoms with Crippen LogP contribution in [-0.4, -0.2) is 14.3 Å². The minimum atomic E-state index is -3.66. The summed E-state index contributed by atoms with van der Waals surface area (Å²) in [6.07, 6.45) is 0. The summed E-state index contributed by atoms with van der Waals surface area (Å²) in [6.45, 7) is 3.79. The van der Waals surface area contributed by atoms with Gasteiger partial charge in [0.25, 0.3) is 10.0 Å². The second kappa shape index (κ2) is 5.57. The smallest absolute Gasteiger partial charge is 0.261 e. The van der Waals surface area contributed by atoms with Crippen LogP contribution >= 0.6 is 0 Å². The highest BCUT2D eigenvalue weighted by atomic mass is 32.2. The SMILES string of the molecule is Cc1ccc(S(=O)(=O)Nc2cccc(C(=N)N)c2)cc1C. The first-order chi connectivity index (χ1) is 9.79. The van der Waals surface area contributed by atoms with Gasteiger partial charge in [0.2, 0.25) is 0 Å². The van der Waals surface area contributed by atoms with Crippen molar-refractivity contribution in [1.29, 1.82) is 5.41 Å². The molecule has 0 aliphatic heterocycles. The molecule has 4 N–H and O–H groups in total. The highest BCUT2D eigenvalue weighted by molar-refractivity contribution is 7.92. The van der Waals surface area contributed by atoms with Crippen LogP contribution in [0.4, 0.5) is 5.69 Å². The van der Waals surface area contributed by atoms with Crippen molar-refractivity contribution in [2.45, 2.75) is 18.7 Å². The summed E-state index contributed by atoms with van der Waals surface area (Å²) in [5, 5.41) is 7.38. The predicted octanol–water partition coefficient (Wildman–Crippen LogP) is 2.39. The molecule has 0 saturated heterocycles. The van der Waals surface area contributed by atoms with Gasteiger partial charge in [0.1, 0.15) is 5.84 Å². The van der Waals surface area contributed by atoms with E-state index in [1.165, 1.54) is 6.07 Å². The fraction of sp³-hybridized carbons (Fsp3) is 0.133. The fourth-order valence-corrected chi connectivity index (χ4v) is 2.98. The highest BCUT2D eigenvalue weighted by Crippen LogP contribution is 2.19. The quantitative estimate of drug-likeness (QED) is 0.597. The first-order valence-corrected chi connectivity index (χ1v) is 7.82. The molecule has 0 amide bonds. The van der Waals surface area contributed by atoms with Gasteiger partial charge in [-0.15, -0.1) is 0 Å². The second-order valence-corrected chi connectivity index (χ2v) is 6.53. The number of nitrogens with one attached hydrogen (secondary N) is 2. The monoisotopic (exact) mass is 303 g/mol. The lowest BCUT2D eigenvalue weighted by atomic mass is 10.1. The van der Waals surface area contributed by atoms with E-state index in [2.05, 4.69) is 4.72 Å². The Balaban J connectivity index is 2.35. The molecule has 0 aromatic heterocycles. The Kier molecular flexibility index (Phi) is 3.99. The molecule has 0 heterocycles. The molecule has 2 aromatic rings. The maximum Gasteiger partial charge on any atom is 0.261 e. The van der Waals surface area contributed by atoms with E-state index in [0.717, 1.165) is 11.1 Å². The van der Waals surface area contributed by atoms with E-state index >= 15 is 0 Å². The first kappa shape index (κ1) is 15.1. The lowest BCUT2D eigenvalue weighted by molar-refractivity contribution is 0.601. The summed E-state index contributed by atoms with van der Waals surface area (Å²) in [6, 6.07) is 11.4. The number of sulfonamides is 1. The van der Waals surface area contributed by atoms with E-state index in [1.807, 2.05) is 13.8 Å². The van der Waals surface area contributed by atoms with Gasteiger partial charge in [-0.3, -0.25) is 10.1 Å². The first-order valence-electron chi connectivity index (χ1n) is 6.34. The van der Waals surface area contributed by atoms with Gasteiger partial charge in [-0.25, -0.2) is 8.42 Å². The summed E-state index contributed by atoms with van der Waals surface area (Å²) in [5.74, 6) is -0.109. The van der Waals surface area contributed by atoms with Crippen LogP contribution in [0, 0.1) is 19.3 Å². The molecule has 2 aromatic carbocycles. The van der Waals surface area contributed by atoms with Crippen LogP contribution in [-0.2, 0) is 10.0 Å². The van der Waals surface area contributed by atoms with Gasteiger partial charge in [0, 0.05) is 11.3 Å². The van der Waals surface area contributed by atoms with Crippen molar-refractivity contribution in [2.24, 2.45) is 5.73 Å². The summed E-state index contributed by atoms with van der Waals surface area (Å²) in [4.78, 5) is 0.207. The Morgan fingerprint density at radius 3 is 2.43 bits per heavy atom. The number of benzene rings is 2. The minimum absolute atomic E-state index is 0.109. The lowest BCUT2D eigenvalue weighted by Crippen LogP contribution is -2.15. The molecule has 5 nitrogen and oxygen atoms in total. The average molecular weight is 303 g/mol. The van der Waals surface area contributed by atoms with Gasteiger partial charge in [0.05, 0.1) is 4.90 Å². The number of aryl methyl sites for hydroxylation is 2. The van der Waals surface area contributed by atoms with E-state index in [1.54, 1.807) is 36.4 Å². The number of hydrogen-bond acceptors (Lipinski definition) is 3. The van der Waals surface area contributed by atoms with E-state index in [-0.39, 0.29) is 10.7 Å². The molecule has 0 fully saturated rings. The van der Waals surface area contributed by atoms with E-state index in [0.29, 0.717) is 11.3 Å². The Morgan fingerprint density at radius 1 is 1.10 bits per heavy atom. The van der Waals surface area contributed by atoms with Crippen molar-refractivity contribution in [3.63, 3.8) is 0 Å². The van der Waals surface area contributed by atoms with Crippen molar-refractivity contribution in [3.8, 4) is 0 Å². The normalized spacial score (nSPS) is 11.1. The molecule has 6 heteroatoms. The Morgan fingerprint density at radius 2 is 1.81 bits per heavy atom. The van der Waals surface area contributed by atoms with Crippen LogP contribution in [0.1, 0.15) is 16.7 Å². The maximum absolute atomic E-state index is 12.4. The van der Waals surface area contributed by atoms with Crippen molar-refractivity contribution in [3.05, 3.63) is 59.2 Å². The largest absolute Gasteiger partial charge is 0.384 e. The lowest BCUT2D eigenvalue weighted by Gasteiger charge is -2.10. The molecule has 21 heavy (non-hydrogen) atoms. The summed E-state index contributed by atoms with van der Waals surface area (Å²) >= 11 is 0. The van der Waals surface area contributed by atoms with Crippen LogP contribution in [0.5, 0.6) is 0 Å². The van der Waals surface area contributed by atoms with Crippen molar-refractivity contribution in [2.75, 3.05) is 4.72 Å². The molecular formula is C15H17N3O2S. The molecule has 0 aliphatic carbocycles. The topological polar surface area (TPSA) is 96.0 Å². The molecule has 0 bridgehead atoms. The summed E-state index contributed by atoms with van der Waals surface area (Å²) < 4.78 is 27.2. The van der Waals surface area contributed by atoms with Crippen LogP contribution in [0.25, 0.3) is 0 Å². The molecule has 0 radical (unpaired) electrons. The molecule has 2 rings (SSSR count). The van der Waals surface area contributed by atoms with E-state index < -0.39 is 10.0 Å². The summed E-state index contributed by atoms with van der Waals surface area (Å²) in [5.41, 5.74) is 8.19. The Labute approximate surface area is 124 Å². The van der Waals surface area contributed by atoms with E-state index in [4.69, 9.17) is 11.1 Å².